The number of carbonyl (C=O) groups excluding carboxylic acids is 1. The van der Waals surface area contributed by atoms with Gasteiger partial charge < -0.3 is 9.31 Å². The second kappa shape index (κ2) is 4.96. The van der Waals surface area contributed by atoms with E-state index in [4.69, 9.17) is 9.31 Å². The second-order valence-electron chi connectivity index (χ2n) is 5.61. The van der Waals surface area contributed by atoms with Crippen LogP contribution in [0.25, 0.3) is 0 Å². The maximum absolute atomic E-state index is 12.2. The first-order valence-electron chi connectivity index (χ1n) is 6.12. The third-order valence-electron chi connectivity index (χ3n) is 3.49. The molecule has 0 unspecified atom stereocenters. The summed E-state index contributed by atoms with van der Waals surface area (Å²) in [5.74, 6) is -2.06. The van der Waals surface area contributed by atoms with Crippen LogP contribution in [0.3, 0.4) is 0 Å². The van der Waals surface area contributed by atoms with Crippen LogP contribution in [0.4, 0.5) is 18.3 Å². The molecule has 0 aromatic carbocycles. The molecule has 1 aliphatic rings. The molecule has 0 aliphatic carbocycles. The van der Waals surface area contributed by atoms with Crippen LogP contribution in [0.5, 0.6) is 0 Å². The highest BCUT2D eigenvalue weighted by Crippen LogP contribution is 2.37. The first-order chi connectivity index (χ1) is 9.42. The van der Waals surface area contributed by atoms with Crippen molar-refractivity contribution in [3.05, 3.63) is 6.20 Å². The summed E-state index contributed by atoms with van der Waals surface area (Å²) >= 11 is 0.883. The average Bonchev–Trinajstić information content (AvgIpc) is 2.81. The largest absolute Gasteiger partial charge is 0.507 e. The van der Waals surface area contributed by atoms with Gasteiger partial charge in [0.15, 0.2) is 5.13 Å². The van der Waals surface area contributed by atoms with E-state index in [9.17, 15) is 18.0 Å². The molecular weight excluding hydrogens is 308 g/mol. The average molecular weight is 322 g/mol. The van der Waals surface area contributed by atoms with Gasteiger partial charge in [0, 0.05) is 6.20 Å². The molecule has 1 aromatic rings. The van der Waals surface area contributed by atoms with Crippen LogP contribution in [0.15, 0.2) is 6.20 Å². The number of amides is 1. The van der Waals surface area contributed by atoms with Crippen LogP contribution in [-0.2, 0) is 14.1 Å². The van der Waals surface area contributed by atoms with Gasteiger partial charge >= 0.3 is 19.2 Å². The van der Waals surface area contributed by atoms with Gasteiger partial charge in [-0.3, -0.25) is 10.1 Å². The van der Waals surface area contributed by atoms with Crippen molar-refractivity contribution in [2.24, 2.45) is 0 Å². The van der Waals surface area contributed by atoms with Crippen LogP contribution in [0, 0.1) is 0 Å². The summed E-state index contributed by atoms with van der Waals surface area (Å²) in [6.45, 7) is 7.45. The summed E-state index contributed by atoms with van der Waals surface area (Å²) in [7, 11) is -0.718. The third-order valence-corrected chi connectivity index (χ3v) is 4.42. The van der Waals surface area contributed by atoms with E-state index in [1.165, 1.54) is 6.20 Å². The van der Waals surface area contributed by atoms with Gasteiger partial charge in [0.25, 0.3) is 0 Å². The van der Waals surface area contributed by atoms with Crippen molar-refractivity contribution in [3.8, 4) is 0 Å². The number of nitrogens with zero attached hydrogens (tertiary/aromatic N) is 1. The fourth-order valence-electron chi connectivity index (χ4n) is 1.58. The van der Waals surface area contributed by atoms with Crippen molar-refractivity contribution in [3.63, 3.8) is 0 Å². The highest BCUT2D eigenvalue weighted by atomic mass is 32.1. The van der Waals surface area contributed by atoms with Crippen LogP contribution in [0.2, 0.25) is 0 Å². The molecule has 21 heavy (non-hydrogen) atoms. The number of anilines is 1. The molecule has 2 heterocycles. The number of alkyl halides is 3. The monoisotopic (exact) mass is 322 g/mol. The van der Waals surface area contributed by atoms with Crippen LogP contribution >= 0.6 is 11.3 Å². The molecule has 1 aromatic heterocycles. The first-order valence-corrected chi connectivity index (χ1v) is 6.93. The maximum atomic E-state index is 12.2. The van der Waals surface area contributed by atoms with E-state index in [1.54, 1.807) is 5.32 Å². The molecule has 0 bridgehead atoms. The zero-order valence-electron chi connectivity index (χ0n) is 11.9. The standard InChI is InChI=1S/C11H14BF3N2O3S/c1-9(2)10(3,4)20-12(19-9)6-5-16-8(21-6)17-7(18)11(13,14)15/h5H,1-4H3,(H,16,17,18). The lowest BCUT2D eigenvalue weighted by Crippen LogP contribution is -2.41. The maximum Gasteiger partial charge on any atom is 0.507 e. The zero-order valence-corrected chi connectivity index (χ0v) is 12.7. The SMILES string of the molecule is CC1(C)OB(c2cnc(NC(=O)C(F)(F)F)s2)OC1(C)C. The highest BCUT2D eigenvalue weighted by molar-refractivity contribution is 7.25. The predicted octanol–water partition coefficient (Wildman–Crippen LogP) is 1.94. The minimum Gasteiger partial charge on any atom is -0.399 e. The molecule has 0 atom stereocenters. The van der Waals surface area contributed by atoms with Gasteiger partial charge in [-0.25, -0.2) is 4.98 Å². The van der Waals surface area contributed by atoms with E-state index in [0.717, 1.165) is 11.3 Å². The Kier molecular flexibility index (Phi) is 3.84. The molecule has 1 amide bonds. The minimum absolute atomic E-state index is 0.151. The van der Waals surface area contributed by atoms with Gasteiger partial charge in [0.2, 0.25) is 0 Å². The fourth-order valence-corrected chi connectivity index (χ4v) is 2.35. The summed E-state index contributed by atoms with van der Waals surface area (Å²) in [5, 5.41) is 1.55. The van der Waals surface area contributed by atoms with Gasteiger partial charge in [-0.05, 0) is 27.7 Å². The molecule has 116 valence electrons. The molecule has 0 spiro atoms. The number of carbonyl (C=O) groups is 1. The fraction of sp³-hybridized carbons (Fsp3) is 0.636. The quantitative estimate of drug-likeness (QED) is 0.846. The van der Waals surface area contributed by atoms with Gasteiger partial charge in [0.1, 0.15) is 0 Å². The molecule has 5 nitrogen and oxygen atoms in total. The van der Waals surface area contributed by atoms with Gasteiger partial charge in [-0.1, -0.05) is 0 Å². The molecule has 2 rings (SSSR count). The topological polar surface area (TPSA) is 60.5 Å². The van der Waals surface area contributed by atoms with E-state index >= 15 is 0 Å². The molecular formula is C11H14BF3N2O3S. The molecule has 0 radical (unpaired) electrons. The number of thiazole rings is 1. The molecule has 1 aliphatic heterocycles. The van der Waals surface area contributed by atoms with Crippen molar-refractivity contribution in [2.75, 3.05) is 5.32 Å². The number of halogens is 3. The number of aromatic nitrogens is 1. The van der Waals surface area contributed by atoms with Crippen molar-refractivity contribution in [2.45, 2.75) is 45.1 Å². The summed E-state index contributed by atoms with van der Waals surface area (Å²) in [6.07, 6.45) is -3.62. The lowest BCUT2D eigenvalue weighted by Gasteiger charge is -2.32. The lowest BCUT2D eigenvalue weighted by molar-refractivity contribution is -0.167. The summed E-state index contributed by atoms with van der Waals surface area (Å²) in [6, 6.07) is 0. The Bertz CT molecular complexity index is 543. The molecule has 0 saturated carbocycles. The summed E-state index contributed by atoms with van der Waals surface area (Å²) in [4.78, 5) is 14.6. The highest BCUT2D eigenvalue weighted by Gasteiger charge is 2.52. The van der Waals surface area contributed by atoms with Crippen LogP contribution in [-0.4, -0.2) is 35.4 Å². The van der Waals surface area contributed by atoms with Gasteiger partial charge in [0.05, 0.1) is 16.0 Å². The van der Waals surface area contributed by atoms with E-state index in [0.29, 0.717) is 4.78 Å². The molecule has 1 fully saturated rings. The molecule has 10 heteroatoms. The van der Waals surface area contributed by atoms with E-state index < -0.39 is 30.4 Å². The smallest absolute Gasteiger partial charge is 0.399 e. The third kappa shape index (κ3) is 3.22. The Hall–Kier alpha value is -1.13. The van der Waals surface area contributed by atoms with Gasteiger partial charge in [-0.2, -0.15) is 13.2 Å². The Balaban J connectivity index is 2.10. The van der Waals surface area contributed by atoms with Crippen molar-refractivity contribution in [1.29, 1.82) is 0 Å². The molecule has 1 saturated heterocycles. The summed E-state index contributed by atoms with van der Waals surface area (Å²) in [5.41, 5.74) is -1.12. The van der Waals surface area contributed by atoms with Crippen molar-refractivity contribution >= 4 is 34.3 Å². The number of hydrogen-bond acceptors (Lipinski definition) is 5. The van der Waals surface area contributed by atoms with E-state index in [1.807, 2.05) is 27.7 Å². The van der Waals surface area contributed by atoms with Gasteiger partial charge in [-0.15, -0.1) is 11.3 Å². The number of rotatable bonds is 2. The van der Waals surface area contributed by atoms with Crippen molar-refractivity contribution < 1.29 is 27.3 Å². The Morgan fingerprint density at radius 3 is 2.29 bits per heavy atom. The van der Waals surface area contributed by atoms with Crippen LogP contribution < -0.4 is 10.1 Å². The Labute approximate surface area is 124 Å². The number of hydrogen-bond donors (Lipinski definition) is 1. The predicted molar refractivity (Wildman–Crippen MR) is 72.5 cm³/mol. The van der Waals surface area contributed by atoms with Crippen molar-refractivity contribution in [1.82, 2.24) is 4.98 Å². The number of nitrogens with one attached hydrogen (secondary N) is 1. The van der Waals surface area contributed by atoms with E-state index in [-0.39, 0.29) is 5.13 Å². The van der Waals surface area contributed by atoms with E-state index in [2.05, 4.69) is 4.98 Å². The lowest BCUT2D eigenvalue weighted by atomic mass is 9.89. The summed E-state index contributed by atoms with van der Waals surface area (Å²) < 4.78 is 48.5. The molecule has 1 N–H and O–H groups in total. The zero-order chi connectivity index (χ0) is 16.1. The normalized spacial score (nSPS) is 20.6. The first kappa shape index (κ1) is 16.2. The Morgan fingerprint density at radius 2 is 1.81 bits per heavy atom. The second-order valence-corrected chi connectivity index (χ2v) is 6.67. The Morgan fingerprint density at radius 1 is 1.29 bits per heavy atom. The van der Waals surface area contributed by atoms with Crippen LogP contribution in [0.1, 0.15) is 27.7 Å². The minimum atomic E-state index is -4.95.